The van der Waals surface area contributed by atoms with Crippen LogP contribution in [0.25, 0.3) is 0 Å². The van der Waals surface area contributed by atoms with Crippen molar-refractivity contribution in [2.24, 2.45) is 21.1 Å². The van der Waals surface area contributed by atoms with E-state index in [1.165, 1.54) is 56.0 Å². The Morgan fingerprint density at radius 1 is 0.553 bits per heavy atom. The van der Waals surface area contributed by atoms with Crippen molar-refractivity contribution in [1.29, 1.82) is 0 Å². The molecule has 38 heavy (non-hydrogen) atoms. The summed E-state index contributed by atoms with van der Waals surface area (Å²) in [5.41, 5.74) is 0. The van der Waals surface area contributed by atoms with Crippen LogP contribution in [-0.2, 0) is 40.4 Å². The molecule has 0 saturated carbocycles. The van der Waals surface area contributed by atoms with Gasteiger partial charge >= 0.3 is 48.6 Å². The smallest absolute Gasteiger partial charge is 0.108 e. The Labute approximate surface area is 231 Å². The van der Waals surface area contributed by atoms with Crippen molar-refractivity contribution in [3.8, 4) is 0 Å². The molecule has 0 atom stereocenters. The van der Waals surface area contributed by atoms with Crippen LogP contribution in [0.4, 0.5) is 0 Å². The van der Waals surface area contributed by atoms with E-state index < -0.39 is 7.94 Å². The number of unbranched alkanes of at least 4 members (excludes halogenated alkanes) is 4. The van der Waals surface area contributed by atoms with Gasteiger partial charge in [0, 0.05) is 77.6 Å². The van der Waals surface area contributed by atoms with Gasteiger partial charge in [0.25, 0.3) is 0 Å². The number of aromatic nitrogens is 6. The normalized spacial score (nSPS) is 11.0. The molecule has 3 N–H and O–H groups in total. The van der Waals surface area contributed by atoms with Gasteiger partial charge in [-0.2, -0.15) is 0 Å². The molecule has 0 aliphatic carbocycles. The van der Waals surface area contributed by atoms with Gasteiger partial charge in [-0.1, -0.05) is 40.0 Å². The van der Waals surface area contributed by atoms with Crippen LogP contribution in [0.3, 0.4) is 0 Å². The zero-order chi connectivity index (χ0) is 28.8. The van der Waals surface area contributed by atoms with E-state index in [1.807, 2.05) is 65.2 Å². The predicted octanol–water partition coefficient (Wildman–Crippen LogP) is 5.55. The molecule has 3 rings (SSSR count). The summed E-state index contributed by atoms with van der Waals surface area (Å²) in [6.45, 7) is 8.52. The SMILES string of the molecule is CCCC[PH](O)(O)O.CCCCc1nccn1C.CCCCc1nccn1C.CCCCc1nccn1C. The Morgan fingerprint density at radius 2 is 0.842 bits per heavy atom. The Morgan fingerprint density at radius 3 is 1.00 bits per heavy atom. The van der Waals surface area contributed by atoms with Crippen LogP contribution in [0, 0.1) is 0 Å². The first-order valence-corrected chi connectivity index (χ1v) is 16.2. The molecule has 220 valence electrons. The van der Waals surface area contributed by atoms with E-state index in [0.29, 0.717) is 6.42 Å². The summed E-state index contributed by atoms with van der Waals surface area (Å²) in [5.74, 6) is 3.59. The van der Waals surface area contributed by atoms with Crippen LogP contribution >= 0.6 is 7.94 Å². The van der Waals surface area contributed by atoms with Crippen molar-refractivity contribution in [3.05, 3.63) is 54.7 Å². The third kappa shape index (κ3) is 18.2. The van der Waals surface area contributed by atoms with Crippen molar-refractivity contribution in [2.45, 2.75) is 98.3 Å². The maximum atomic E-state index is 8.40. The molecular formula is C28H55N6O3P. The fourth-order valence-corrected chi connectivity index (χ4v) is 4.16. The number of imidazole rings is 3. The van der Waals surface area contributed by atoms with Crippen molar-refractivity contribution >= 4 is 7.94 Å². The molecule has 0 aliphatic heterocycles. The van der Waals surface area contributed by atoms with E-state index in [-0.39, 0.29) is 6.16 Å². The molecule has 0 aromatic carbocycles. The molecule has 0 amide bonds. The summed E-state index contributed by atoms with van der Waals surface area (Å²) in [6.07, 6.45) is 24.1. The van der Waals surface area contributed by atoms with E-state index in [4.69, 9.17) is 14.7 Å². The second-order valence-electron chi connectivity index (χ2n) is 9.55. The molecule has 3 aromatic heterocycles. The molecule has 0 saturated heterocycles. The average molecular weight is 555 g/mol. The maximum absolute atomic E-state index is 8.40. The van der Waals surface area contributed by atoms with Crippen LogP contribution in [0.5, 0.6) is 0 Å². The fourth-order valence-electron chi connectivity index (χ4n) is 3.33. The maximum Gasteiger partial charge on any atom is 0.108 e. The van der Waals surface area contributed by atoms with E-state index in [1.54, 1.807) is 0 Å². The van der Waals surface area contributed by atoms with Crippen LogP contribution in [0.15, 0.2) is 37.2 Å². The molecule has 0 unspecified atom stereocenters. The van der Waals surface area contributed by atoms with Gasteiger partial charge in [0.05, 0.1) is 0 Å². The first-order chi connectivity index (χ1) is 18.1. The summed E-state index contributed by atoms with van der Waals surface area (Å²) in [4.78, 5) is 37.8. The summed E-state index contributed by atoms with van der Waals surface area (Å²) in [6, 6.07) is 0. The third-order valence-corrected chi connectivity index (χ3v) is 6.91. The Balaban J connectivity index is 0.000000483. The Hall–Kier alpha value is -2.06. The van der Waals surface area contributed by atoms with Crippen molar-refractivity contribution in [1.82, 2.24) is 28.7 Å². The molecule has 9 nitrogen and oxygen atoms in total. The largest absolute Gasteiger partial charge is 0.338 e. The van der Waals surface area contributed by atoms with E-state index in [0.717, 1.165) is 25.7 Å². The summed E-state index contributed by atoms with van der Waals surface area (Å²) >= 11 is 0. The molecule has 0 aliphatic rings. The number of hydrogen-bond acceptors (Lipinski definition) is 6. The first-order valence-electron chi connectivity index (χ1n) is 14.1. The van der Waals surface area contributed by atoms with Crippen LogP contribution in [0.1, 0.15) is 96.5 Å². The zero-order valence-corrected chi connectivity index (χ0v) is 26.0. The third-order valence-electron chi connectivity index (χ3n) is 5.89. The van der Waals surface area contributed by atoms with Crippen LogP contribution in [-0.4, -0.2) is 49.5 Å². The topological polar surface area (TPSA) is 114 Å². The average Bonchev–Trinajstić information content (AvgIpc) is 3.61. The van der Waals surface area contributed by atoms with Gasteiger partial charge < -0.3 is 13.7 Å². The first kappa shape index (κ1) is 35.9. The monoisotopic (exact) mass is 554 g/mol. The van der Waals surface area contributed by atoms with Gasteiger partial charge in [0.1, 0.15) is 17.5 Å². The minimum Gasteiger partial charge on any atom is -0.338 e. The minimum atomic E-state index is -3.68. The summed E-state index contributed by atoms with van der Waals surface area (Å²) < 4.78 is 6.24. The van der Waals surface area contributed by atoms with Crippen molar-refractivity contribution < 1.29 is 14.7 Å². The molecule has 3 heterocycles. The molecular weight excluding hydrogens is 499 g/mol. The van der Waals surface area contributed by atoms with Gasteiger partial charge in [-0.05, 0) is 19.3 Å². The molecule has 0 fully saturated rings. The second-order valence-corrected chi connectivity index (χ2v) is 11.6. The fraction of sp³-hybridized carbons (Fsp3) is 0.679. The number of hydrogen-bond donors (Lipinski definition) is 3. The molecule has 0 spiro atoms. The molecule has 10 heteroatoms. The quantitative estimate of drug-likeness (QED) is 0.253. The van der Waals surface area contributed by atoms with Crippen molar-refractivity contribution in [3.63, 3.8) is 0 Å². The van der Waals surface area contributed by atoms with Gasteiger partial charge in [-0.3, -0.25) is 0 Å². The summed E-state index contributed by atoms with van der Waals surface area (Å²) in [7, 11) is 2.44. The zero-order valence-electron chi connectivity index (χ0n) is 25.0. The van der Waals surface area contributed by atoms with E-state index >= 15 is 0 Å². The van der Waals surface area contributed by atoms with Crippen molar-refractivity contribution in [2.75, 3.05) is 6.16 Å². The van der Waals surface area contributed by atoms with Gasteiger partial charge in [-0.15, -0.1) is 0 Å². The molecule has 0 radical (unpaired) electrons. The Kier molecular flexibility index (Phi) is 20.6. The van der Waals surface area contributed by atoms with Gasteiger partial charge in [0.15, 0.2) is 0 Å². The van der Waals surface area contributed by atoms with Gasteiger partial charge in [0.2, 0.25) is 0 Å². The minimum absolute atomic E-state index is 0.170. The number of rotatable bonds is 12. The van der Waals surface area contributed by atoms with E-state index in [9.17, 15) is 0 Å². The predicted molar refractivity (Wildman–Crippen MR) is 160 cm³/mol. The number of nitrogens with zero attached hydrogens (tertiary/aromatic N) is 6. The summed E-state index contributed by atoms with van der Waals surface area (Å²) in [5, 5.41) is 0. The van der Waals surface area contributed by atoms with Gasteiger partial charge in [-0.25, -0.2) is 15.0 Å². The van der Waals surface area contributed by atoms with Crippen LogP contribution < -0.4 is 0 Å². The molecule has 3 aromatic rings. The van der Waals surface area contributed by atoms with Crippen LogP contribution in [0.2, 0.25) is 0 Å². The second kappa shape index (κ2) is 21.8. The standard InChI is InChI=1S/3C8H14N2.C4H13O3P/c3*1-3-4-5-8-9-6-7-10(8)2;1-2-3-4-8(5,6)7/h3*6-7H,3-5H2,1-2H3;5-8H,2-4H2,1H3. The number of aryl methyl sites for hydroxylation is 6. The Bertz CT molecular complexity index is 828. The molecule has 0 bridgehead atoms. The van der Waals surface area contributed by atoms with E-state index in [2.05, 4.69) is 49.4 Å².